The highest BCUT2D eigenvalue weighted by Gasteiger charge is 2.22. The average Bonchev–Trinajstić information content (AvgIpc) is 3.10. The van der Waals surface area contributed by atoms with E-state index in [-0.39, 0.29) is 11.6 Å². The Morgan fingerprint density at radius 3 is 2.68 bits per heavy atom. The highest BCUT2D eigenvalue weighted by molar-refractivity contribution is 5.93. The molecule has 2 N–H and O–H groups in total. The van der Waals surface area contributed by atoms with Crippen LogP contribution in [0.2, 0.25) is 0 Å². The van der Waals surface area contributed by atoms with Crippen molar-refractivity contribution in [3.05, 3.63) is 51.3 Å². The monoisotopic (exact) mass is 386 g/mol. The summed E-state index contributed by atoms with van der Waals surface area (Å²) in [5.74, 6) is -0.187. The van der Waals surface area contributed by atoms with Crippen LogP contribution in [0.15, 0.2) is 24.3 Å². The number of piperidine rings is 1. The minimum atomic E-state index is -0.400. The van der Waals surface area contributed by atoms with E-state index in [4.69, 9.17) is 0 Å². The Morgan fingerprint density at radius 2 is 2.00 bits per heavy atom. The van der Waals surface area contributed by atoms with Crippen LogP contribution in [-0.2, 0) is 6.42 Å². The Hall–Kier alpha value is -2.81. The summed E-state index contributed by atoms with van der Waals surface area (Å²) < 4.78 is 1.88. The molecule has 1 fully saturated rings. The summed E-state index contributed by atoms with van der Waals surface area (Å²) >= 11 is 0. The van der Waals surface area contributed by atoms with Crippen LogP contribution < -0.4 is 10.6 Å². The van der Waals surface area contributed by atoms with E-state index in [1.54, 1.807) is 12.1 Å². The first-order chi connectivity index (χ1) is 13.6. The lowest BCUT2D eigenvalue weighted by Gasteiger charge is -2.23. The maximum atomic E-state index is 12.4. The number of non-ortho nitro benzene ring substituents is 1. The van der Waals surface area contributed by atoms with E-state index in [0.717, 1.165) is 56.5 Å². The number of benzene rings is 1. The molecular weight excluding hydrogens is 360 g/mol. The zero-order valence-electron chi connectivity index (χ0n) is 16.1. The topological polar surface area (TPSA) is 115 Å². The Labute approximate surface area is 163 Å². The highest BCUT2D eigenvalue weighted by Crippen LogP contribution is 2.20. The van der Waals surface area contributed by atoms with Gasteiger partial charge in [-0.05, 0) is 57.7 Å². The summed E-state index contributed by atoms with van der Waals surface area (Å²) in [4.78, 5) is 22.7. The summed E-state index contributed by atoms with van der Waals surface area (Å²) in [6, 6.07) is 6.90. The predicted molar refractivity (Wildman–Crippen MR) is 104 cm³/mol. The summed E-state index contributed by atoms with van der Waals surface area (Å²) in [6.45, 7) is 4.37. The molecule has 1 aromatic heterocycles. The van der Waals surface area contributed by atoms with Crippen LogP contribution in [0.4, 0.5) is 5.69 Å². The molecule has 9 nitrogen and oxygen atoms in total. The van der Waals surface area contributed by atoms with Crippen LogP contribution in [0.5, 0.6) is 0 Å². The normalized spacial score (nSPS) is 14.8. The van der Waals surface area contributed by atoms with Gasteiger partial charge >= 0.3 is 0 Å². The van der Waals surface area contributed by atoms with Crippen molar-refractivity contribution < 1.29 is 9.72 Å². The van der Waals surface area contributed by atoms with E-state index in [1.165, 1.54) is 12.1 Å². The van der Waals surface area contributed by atoms with Gasteiger partial charge in [-0.2, -0.15) is 0 Å². The van der Waals surface area contributed by atoms with Gasteiger partial charge in [-0.15, -0.1) is 5.10 Å². The Morgan fingerprint density at radius 1 is 1.29 bits per heavy atom. The second-order valence-electron chi connectivity index (χ2n) is 7.09. The van der Waals surface area contributed by atoms with E-state index in [1.807, 2.05) is 11.6 Å². The summed E-state index contributed by atoms with van der Waals surface area (Å²) in [5.41, 5.74) is 2.37. The number of aromatic nitrogens is 3. The molecule has 150 valence electrons. The number of aryl methyl sites for hydroxylation is 1. The van der Waals surface area contributed by atoms with Gasteiger partial charge in [0.15, 0.2) is 5.69 Å². The molecule has 0 atom stereocenters. The van der Waals surface area contributed by atoms with Crippen LogP contribution in [0, 0.1) is 17.0 Å². The third-order valence-corrected chi connectivity index (χ3v) is 5.12. The van der Waals surface area contributed by atoms with Crippen molar-refractivity contribution in [3.8, 4) is 0 Å². The lowest BCUT2D eigenvalue weighted by molar-refractivity contribution is -0.384. The fourth-order valence-corrected chi connectivity index (χ4v) is 3.47. The van der Waals surface area contributed by atoms with E-state index in [9.17, 15) is 14.9 Å². The first-order valence-corrected chi connectivity index (χ1v) is 9.70. The quantitative estimate of drug-likeness (QED) is 0.408. The third kappa shape index (κ3) is 4.92. The van der Waals surface area contributed by atoms with Gasteiger partial charge in [0.25, 0.3) is 11.6 Å². The fourth-order valence-electron chi connectivity index (χ4n) is 3.47. The molecular formula is C19H26N6O3. The molecule has 1 saturated heterocycles. The molecule has 0 bridgehead atoms. The van der Waals surface area contributed by atoms with Gasteiger partial charge in [0.2, 0.25) is 0 Å². The molecule has 1 aromatic carbocycles. The number of carbonyl (C=O) groups is 1. The molecule has 28 heavy (non-hydrogen) atoms. The van der Waals surface area contributed by atoms with Crippen molar-refractivity contribution in [2.75, 3.05) is 19.6 Å². The smallest absolute Gasteiger partial charge is 0.273 e. The lowest BCUT2D eigenvalue weighted by atomic mass is 10.1. The Bertz CT molecular complexity index is 812. The molecule has 2 heterocycles. The number of nitro benzene ring substituents is 1. The molecule has 0 spiro atoms. The molecule has 1 amide bonds. The maximum absolute atomic E-state index is 12.4. The molecule has 9 heteroatoms. The maximum Gasteiger partial charge on any atom is 0.273 e. The summed E-state index contributed by atoms with van der Waals surface area (Å²) in [5, 5.41) is 25.2. The number of amides is 1. The number of rotatable bonds is 8. The Balaban J connectivity index is 1.42. The van der Waals surface area contributed by atoms with Crippen molar-refractivity contribution in [2.45, 2.75) is 45.1 Å². The highest BCUT2D eigenvalue weighted by atomic mass is 16.6. The first kappa shape index (κ1) is 19.9. The zero-order valence-corrected chi connectivity index (χ0v) is 16.1. The summed E-state index contributed by atoms with van der Waals surface area (Å²) in [6.07, 6.45) is 4.52. The van der Waals surface area contributed by atoms with Crippen molar-refractivity contribution >= 4 is 11.6 Å². The van der Waals surface area contributed by atoms with Crippen LogP contribution >= 0.6 is 0 Å². The van der Waals surface area contributed by atoms with Crippen LogP contribution in [0.25, 0.3) is 0 Å². The van der Waals surface area contributed by atoms with E-state index in [0.29, 0.717) is 18.3 Å². The van der Waals surface area contributed by atoms with Gasteiger partial charge in [0, 0.05) is 18.7 Å². The first-order valence-electron chi connectivity index (χ1n) is 9.70. The number of carbonyl (C=O) groups excluding carboxylic acids is 1. The second kappa shape index (κ2) is 9.41. The second-order valence-corrected chi connectivity index (χ2v) is 7.09. The van der Waals surface area contributed by atoms with Gasteiger partial charge in [-0.25, -0.2) is 4.68 Å². The van der Waals surface area contributed by atoms with E-state index in [2.05, 4.69) is 20.9 Å². The van der Waals surface area contributed by atoms with Gasteiger partial charge < -0.3 is 10.6 Å². The molecule has 0 aliphatic carbocycles. The number of hydrogen-bond acceptors (Lipinski definition) is 6. The van der Waals surface area contributed by atoms with Gasteiger partial charge in [-0.3, -0.25) is 14.9 Å². The predicted octanol–water partition coefficient (Wildman–Crippen LogP) is 2.17. The van der Waals surface area contributed by atoms with E-state index < -0.39 is 4.92 Å². The van der Waals surface area contributed by atoms with Gasteiger partial charge in [0.05, 0.1) is 16.7 Å². The molecule has 1 aliphatic heterocycles. The van der Waals surface area contributed by atoms with Crippen molar-refractivity contribution in [3.63, 3.8) is 0 Å². The SMILES string of the molecule is Cc1c(C(=O)NCCCCc2ccc([N+](=O)[O-])cc2)nnn1C1CCNCC1. The number of nitrogens with zero attached hydrogens (tertiary/aromatic N) is 4. The average molecular weight is 386 g/mol. The number of hydrogen-bond donors (Lipinski definition) is 2. The van der Waals surface area contributed by atoms with Gasteiger partial charge in [-0.1, -0.05) is 17.3 Å². The molecule has 1 aliphatic rings. The summed E-state index contributed by atoms with van der Waals surface area (Å²) in [7, 11) is 0. The molecule has 0 unspecified atom stereocenters. The number of unbranched alkanes of at least 4 members (excludes halogenated alkanes) is 1. The number of nitro groups is 1. The minimum absolute atomic E-state index is 0.101. The zero-order chi connectivity index (χ0) is 19.9. The standard InChI is InChI=1S/C19H26N6O3/c1-14-18(22-23-24(14)16-9-12-20-13-10-16)19(26)21-11-3-2-4-15-5-7-17(8-6-15)25(27)28/h5-8,16,20H,2-4,9-13H2,1H3,(H,21,26). The molecule has 0 radical (unpaired) electrons. The fraction of sp³-hybridized carbons (Fsp3) is 0.526. The molecule has 3 rings (SSSR count). The molecule has 2 aromatic rings. The van der Waals surface area contributed by atoms with Gasteiger partial charge in [0.1, 0.15) is 0 Å². The minimum Gasteiger partial charge on any atom is -0.351 e. The van der Waals surface area contributed by atoms with E-state index >= 15 is 0 Å². The Kier molecular flexibility index (Phi) is 6.70. The van der Waals surface area contributed by atoms with Crippen LogP contribution in [0.1, 0.15) is 53.5 Å². The van der Waals surface area contributed by atoms with Crippen molar-refractivity contribution in [1.29, 1.82) is 0 Å². The van der Waals surface area contributed by atoms with Crippen LogP contribution in [0.3, 0.4) is 0 Å². The number of nitrogens with one attached hydrogen (secondary N) is 2. The largest absolute Gasteiger partial charge is 0.351 e. The lowest BCUT2D eigenvalue weighted by Crippen LogP contribution is -2.30. The van der Waals surface area contributed by atoms with Crippen molar-refractivity contribution in [1.82, 2.24) is 25.6 Å². The van der Waals surface area contributed by atoms with Crippen molar-refractivity contribution in [2.24, 2.45) is 0 Å². The van der Waals surface area contributed by atoms with Crippen LogP contribution in [-0.4, -0.2) is 45.5 Å². The molecule has 0 saturated carbocycles. The third-order valence-electron chi connectivity index (χ3n) is 5.12.